The van der Waals surface area contributed by atoms with Gasteiger partial charge in [0.25, 0.3) is 5.91 Å². The molecule has 8 heteroatoms. The topological polar surface area (TPSA) is 108 Å². The SMILES string of the molecule is I.NC(=NCCNC(=O)c1ccn[nH]1)NC1CCCCC1. The lowest BCUT2D eigenvalue weighted by molar-refractivity contribution is 0.0950. The Bertz CT molecular complexity index is 442. The fourth-order valence-electron chi connectivity index (χ4n) is 2.33. The molecule has 5 N–H and O–H groups in total. The second kappa shape index (κ2) is 9.59. The molecule has 0 aliphatic heterocycles. The molecule has 0 spiro atoms. The molecule has 1 aliphatic carbocycles. The van der Waals surface area contributed by atoms with Crippen molar-refractivity contribution in [3.8, 4) is 0 Å². The molecule has 1 aromatic rings. The van der Waals surface area contributed by atoms with Gasteiger partial charge in [0.05, 0.1) is 6.54 Å². The summed E-state index contributed by atoms with van der Waals surface area (Å²) in [5.41, 5.74) is 6.27. The minimum absolute atomic E-state index is 0. The van der Waals surface area contributed by atoms with E-state index in [9.17, 15) is 4.79 Å². The molecular weight excluding hydrogens is 383 g/mol. The second-order valence-corrected chi connectivity index (χ2v) is 4.97. The van der Waals surface area contributed by atoms with Crippen molar-refractivity contribution >= 4 is 35.8 Å². The van der Waals surface area contributed by atoms with Gasteiger partial charge in [-0.1, -0.05) is 19.3 Å². The van der Waals surface area contributed by atoms with Crippen molar-refractivity contribution in [1.29, 1.82) is 0 Å². The summed E-state index contributed by atoms with van der Waals surface area (Å²) in [6.45, 7) is 0.913. The van der Waals surface area contributed by atoms with Crippen LogP contribution in [-0.2, 0) is 0 Å². The number of hydrogen-bond acceptors (Lipinski definition) is 3. The lowest BCUT2D eigenvalue weighted by Gasteiger charge is -2.23. The fraction of sp³-hybridized carbons (Fsp3) is 0.615. The average molecular weight is 406 g/mol. The van der Waals surface area contributed by atoms with E-state index in [1.807, 2.05) is 0 Å². The highest BCUT2D eigenvalue weighted by Crippen LogP contribution is 2.16. The van der Waals surface area contributed by atoms with Crippen molar-refractivity contribution in [2.75, 3.05) is 13.1 Å². The molecular formula is C13H23IN6O. The fourth-order valence-corrected chi connectivity index (χ4v) is 2.33. The van der Waals surface area contributed by atoms with Crippen LogP contribution >= 0.6 is 24.0 Å². The van der Waals surface area contributed by atoms with Gasteiger partial charge in [-0.3, -0.25) is 14.9 Å². The Kier molecular flexibility index (Phi) is 8.09. The standard InChI is InChI=1S/C13H22N6O.HI/c14-13(18-10-4-2-1-3-5-10)16-9-8-15-12(20)11-6-7-17-19-11;/h6-7,10H,1-5,8-9H2,(H,15,20)(H,17,19)(H3,14,16,18);1H. The molecule has 0 bridgehead atoms. The Balaban J connectivity index is 0.00000220. The Morgan fingerprint density at radius 1 is 1.43 bits per heavy atom. The summed E-state index contributed by atoms with van der Waals surface area (Å²) in [7, 11) is 0. The van der Waals surface area contributed by atoms with E-state index in [0.29, 0.717) is 30.8 Å². The minimum Gasteiger partial charge on any atom is -0.370 e. The Hall–Kier alpha value is -1.32. The molecule has 118 valence electrons. The van der Waals surface area contributed by atoms with E-state index in [4.69, 9.17) is 5.73 Å². The summed E-state index contributed by atoms with van der Waals surface area (Å²) >= 11 is 0. The molecule has 0 saturated heterocycles. The number of carbonyl (C=O) groups is 1. The molecule has 1 saturated carbocycles. The van der Waals surface area contributed by atoms with Crippen LogP contribution in [0.1, 0.15) is 42.6 Å². The molecule has 0 unspecified atom stereocenters. The first-order chi connectivity index (χ1) is 9.75. The average Bonchev–Trinajstić information content (AvgIpc) is 2.99. The number of aromatic nitrogens is 2. The predicted octanol–water partition coefficient (Wildman–Crippen LogP) is 0.994. The molecule has 0 atom stereocenters. The van der Waals surface area contributed by atoms with Crippen LogP contribution in [0.5, 0.6) is 0 Å². The number of carbonyl (C=O) groups excluding carboxylic acids is 1. The Morgan fingerprint density at radius 2 is 2.19 bits per heavy atom. The van der Waals surface area contributed by atoms with Gasteiger partial charge in [-0.15, -0.1) is 24.0 Å². The first-order valence-corrected chi connectivity index (χ1v) is 7.10. The quantitative estimate of drug-likeness (QED) is 0.253. The van der Waals surface area contributed by atoms with E-state index in [1.54, 1.807) is 12.3 Å². The highest BCUT2D eigenvalue weighted by molar-refractivity contribution is 14.0. The van der Waals surface area contributed by atoms with Crippen molar-refractivity contribution in [3.63, 3.8) is 0 Å². The van der Waals surface area contributed by atoms with Gasteiger partial charge in [-0.05, 0) is 18.9 Å². The number of rotatable bonds is 5. The number of hydrogen-bond donors (Lipinski definition) is 4. The third kappa shape index (κ3) is 6.32. The Labute approximate surface area is 141 Å². The zero-order valence-corrected chi connectivity index (χ0v) is 14.3. The van der Waals surface area contributed by atoms with E-state index in [1.165, 1.54) is 19.3 Å². The maximum Gasteiger partial charge on any atom is 0.269 e. The maximum absolute atomic E-state index is 11.6. The Morgan fingerprint density at radius 3 is 2.86 bits per heavy atom. The second-order valence-electron chi connectivity index (χ2n) is 4.97. The highest BCUT2D eigenvalue weighted by Gasteiger charge is 2.13. The number of nitrogens with one attached hydrogen (secondary N) is 3. The lowest BCUT2D eigenvalue weighted by Crippen LogP contribution is -2.41. The number of aliphatic imine (C=N–C) groups is 1. The van der Waals surface area contributed by atoms with Gasteiger partial charge in [0.15, 0.2) is 5.96 Å². The van der Waals surface area contributed by atoms with E-state index in [0.717, 1.165) is 12.8 Å². The summed E-state index contributed by atoms with van der Waals surface area (Å²) in [6, 6.07) is 2.07. The summed E-state index contributed by atoms with van der Waals surface area (Å²) in [4.78, 5) is 15.8. The van der Waals surface area contributed by atoms with Crippen LogP contribution in [0.2, 0.25) is 0 Å². The van der Waals surface area contributed by atoms with Crippen molar-refractivity contribution in [2.24, 2.45) is 10.7 Å². The van der Waals surface area contributed by atoms with Crippen LogP contribution in [-0.4, -0.2) is 41.2 Å². The van der Waals surface area contributed by atoms with E-state index in [-0.39, 0.29) is 29.9 Å². The largest absolute Gasteiger partial charge is 0.370 e. The van der Waals surface area contributed by atoms with Gasteiger partial charge in [0.1, 0.15) is 5.69 Å². The molecule has 1 aromatic heterocycles. The minimum atomic E-state index is -0.184. The highest BCUT2D eigenvalue weighted by atomic mass is 127. The molecule has 7 nitrogen and oxygen atoms in total. The molecule has 1 aliphatic rings. The number of nitrogens with zero attached hydrogens (tertiary/aromatic N) is 2. The molecule has 0 aromatic carbocycles. The van der Waals surface area contributed by atoms with Gasteiger partial charge in [0, 0.05) is 18.8 Å². The van der Waals surface area contributed by atoms with Gasteiger partial charge >= 0.3 is 0 Å². The zero-order chi connectivity index (χ0) is 14.2. The summed E-state index contributed by atoms with van der Waals surface area (Å²) in [5, 5.41) is 12.3. The normalized spacial score (nSPS) is 16.1. The number of halogens is 1. The number of aromatic amines is 1. The molecule has 1 fully saturated rings. The molecule has 2 rings (SSSR count). The summed E-state index contributed by atoms with van der Waals surface area (Å²) < 4.78 is 0. The van der Waals surface area contributed by atoms with Crippen molar-refractivity contribution in [3.05, 3.63) is 18.0 Å². The third-order valence-corrected chi connectivity index (χ3v) is 3.38. The number of H-pyrrole nitrogens is 1. The summed E-state index contributed by atoms with van der Waals surface area (Å²) in [6.07, 6.45) is 7.68. The van der Waals surface area contributed by atoms with Crippen LogP contribution < -0.4 is 16.4 Å². The molecule has 21 heavy (non-hydrogen) atoms. The predicted molar refractivity (Wildman–Crippen MR) is 92.8 cm³/mol. The van der Waals surface area contributed by atoms with Crippen LogP contribution in [0.25, 0.3) is 0 Å². The third-order valence-electron chi connectivity index (χ3n) is 3.38. The molecule has 0 radical (unpaired) electrons. The van der Waals surface area contributed by atoms with Gasteiger partial charge in [0.2, 0.25) is 0 Å². The number of nitrogens with two attached hydrogens (primary N) is 1. The van der Waals surface area contributed by atoms with E-state index >= 15 is 0 Å². The number of guanidine groups is 1. The van der Waals surface area contributed by atoms with Gasteiger partial charge in [-0.25, -0.2) is 0 Å². The van der Waals surface area contributed by atoms with E-state index < -0.39 is 0 Å². The summed E-state index contributed by atoms with van der Waals surface area (Å²) in [5.74, 6) is 0.282. The van der Waals surface area contributed by atoms with Gasteiger partial charge < -0.3 is 16.4 Å². The lowest BCUT2D eigenvalue weighted by atomic mass is 9.96. The van der Waals surface area contributed by atoms with Crippen LogP contribution in [0.15, 0.2) is 17.3 Å². The first-order valence-electron chi connectivity index (χ1n) is 7.10. The first kappa shape index (κ1) is 17.7. The van der Waals surface area contributed by atoms with Crippen LogP contribution in [0.3, 0.4) is 0 Å². The molecule has 1 amide bonds. The van der Waals surface area contributed by atoms with E-state index in [2.05, 4.69) is 25.8 Å². The van der Waals surface area contributed by atoms with Crippen LogP contribution in [0, 0.1) is 0 Å². The van der Waals surface area contributed by atoms with Crippen molar-refractivity contribution < 1.29 is 4.79 Å². The smallest absolute Gasteiger partial charge is 0.269 e. The van der Waals surface area contributed by atoms with Crippen LogP contribution in [0.4, 0.5) is 0 Å². The van der Waals surface area contributed by atoms with Crippen molar-refractivity contribution in [2.45, 2.75) is 38.1 Å². The molecule has 1 heterocycles. The maximum atomic E-state index is 11.6. The van der Waals surface area contributed by atoms with Crippen molar-refractivity contribution in [1.82, 2.24) is 20.8 Å². The zero-order valence-electron chi connectivity index (χ0n) is 12.0. The van der Waals surface area contributed by atoms with Gasteiger partial charge in [-0.2, -0.15) is 5.10 Å². The monoisotopic (exact) mass is 406 g/mol. The number of amides is 1.